The van der Waals surface area contributed by atoms with Gasteiger partial charge in [-0.2, -0.15) is 0 Å². The summed E-state index contributed by atoms with van der Waals surface area (Å²) in [5, 5.41) is 7.49. The van der Waals surface area contributed by atoms with Crippen LogP contribution in [0, 0.1) is 0 Å². The van der Waals surface area contributed by atoms with Gasteiger partial charge in [-0.1, -0.05) is 72.8 Å². The molecule has 0 spiro atoms. The average molecular weight is 419 g/mol. The summed E-state index contributed by atoms with van der Waals surface area (Å²) in [5.74, 6) is 1.96. The fourth-order valence-corrected chi connectivity index (χ4v) is 4.04. The summed E-state index contributed by atoms with van der Waals surface area (Å²) in [6, 6.07) is 18.8. The van der Waals surface area contributed by atoms with E-state index in [1.54, 1.807) is 14.2 Å². The van der Waals surface area contributed by atoms with Gasteiger partial charge in [0, 0.05) is 36.7 Å². The van der Waals surface area contributed by atoms with Crippen molar-refractivity contribution in [1.82, 2.24) is 10.6 Å². The third-order valence-electron chi connectivity index (χ3n) is 5.70. The Morgan fingerprint density at radius 2 is 1.71 bits per heavy atom. The first kappa shape index (κ1) is 22.9. The molecule has 2 aromatic rings. The molecule has 0 bridgehead atoms. The summed E-state index contributed by atoms with van der Waals surface area (Å²) < 4.78 is 11.2. The second-order valence-electron chi connectivity index (χ2n) is 7.88. The van der Waals surface area contributed by atoms with Crippen molar-refractivity contribution in [3.63, 3.8) is 0 Å². The second kappa shape index (κ2) is 11.5. The van der Waals surface area contributed by atoms with E-state index in [2.05, 4.69) is 66.6 Å². The van der Waals surface area contributed by atoms with E-state index in [1.165, 1.54) is 11.1 Å². The lowest BCUT2D eigenvalue weighted by Gasteiger charge is -2.31. The van der Waals surface area contributed by atoms with Gasteiger partial charge in [0.15, 0.2) is 0 Å². The molecule has 2 aromatic carbocycles. The Morgan fingerprint density at radius 1 is 0.968 bits per heavy atom. The summed E-state index contributed by atoms with van der Waals surface area (Å²) in [7, 11) is 3.47. The van der Waals surface area contributed by atoms with Gasteiger partial charge in [0.2, 0.25) is 0 Å². The number of hydrogen-bond donors (Lipinski definition) is 2. The number of rotatable bonds is 11. The summed E-state index contributed by atoms with van der Waals surface area (Å²) >= 11 is 0. The van der Waals surface area contributed by atoms with Crippen LogP contribution in [0.5, 0.6) is 5.75 Å². The Bertz CT molecular complexity index is 918. The fourth-order valence-electron chi connectivity index (χ4n) is 4.04. The van der Waals surface area contributed by atoms with Crippen LogP contribution in [0.2, 0.25) is 0 Å². The summed E-state index contributed by atoms with van der Waals surface area (Å²) in [4.78, 5) is 0. The molecule has 0 heterocycles. The van der Waals surface area contributed by atoms with Gasteiger partial charge >= 0.3 is 0 Å². The standard InChI is InChI=1S/C27H34N2O2/c1-20(2)26(28-18-22-14-8-10-16-24(22)30-3)27(21-12-6-5-7-13-21)29-19-23-15-9-11-17-25(23)31-4/h5-10,12-16,26-29H,1,11,17-19H2,2-4H3/t26-,27-/m0/s1. The first-order chi connectivity index (χ1) is 15.1. The molecule has 164 valence electrons. The summed E-state index contributed by atoms with van der Waals surface area (Å²) in [6.07, 6.45) is 6.38. The molecule has 0 aromatic heterocycles. The Kier molecular flexibility index (Phi) is 8.51. The van der Waals surface area contributed by atoms with E-state index in [0.29, 0.717) is 6.54 Å². The predicted molar refractivity (Wildman–Crippen MR) is 128 cm³/mol. The number of hydrogen-bond acceptors (Lipinski definition) is 4. The Hall–Kier alpha value is -2.82. The number of benzene rings is 2. The minimum Gasteiger partial charge on any atom is -0.501 e. The van der Waals surface area contributed by atoms with Gasteiger partial charge in [-0.05, 0) is 25.0 Å². The first-order valence-electron chi connectivity index (χ1n) is 10.9. The van der Waals surface area contributed by atoms with Crippen molar-refractivity contribution in [2.75, 3.05) is 20.8 Å². The lowest BCUT2D eigenvalue weighted by molar-refractivity contribution is 0.270. The van der Waals surface area contributed by atoms with Crippen molar-refractivity contribution < 1.29 is 9.47 Å². The van der Waals surface area contributed by atoms with Gasteiger partial charge in [0.25, 0.3) is 0 Å². The SMILES string of the molecule is C=C(C)[C@H](NCc1ccccc1OC)[C@@H](NCC1=C(OC)CCC=C1)c1ccccc1. The van der Waals surface area contributed by atoms with Gasteiger partial charge in [-0.25, -0.2) is 0 Å². The van der Waals surface area contributed by atoms with Crippen LogP contribution in [0.1, 0.15) is 36.9 Å². The largest absolute Gasteiger partial charge is 0.501 e. The van der Waals surface area contributed by atoms with Crippen LogP contribution in [-0.4, -0.2) is 26.8 Å². The van der Waals surface area contributed by atoms with Gasteiger partial charge in [0.05, 0.1) is 20.3 Å². The molecule has 0 unspecified atom stereocenters. The van der Waals surface area contributed by atoms with Crippen molar-refractivity contribution in [2.45, 2.75) is 38.4 Å². The highest BCUT2D eigenvalue weighted by Crippen LogP contribution is 2.25. The second-order valence-corrected chi connectivity index (χ2v) is 7.88. The van der Waals surface area contributed by atoms with Gasteiger partial charge in [-0.15, -0.1) is 0 Å². The van der Waals surface area contributed by atoms with Crippen molar-refractivity contribution >= 4 is 0 Å². The maximum Gasteiger partial charge on any atom is 0.123 e. The van der Waals surface area contributed by atoms with E-state index in [1.807, 2.05) is 24.3 Å². The van der Waals surface area contributed by atoms with Crippen LogP contribution in [0.25, 0.3) is 0 Å². The number of para-hydroxylation sites is 1. The number of nitrogens with one attached hydrogen (secondary N) is 2. The van der Waals surface area contributed by atoms with E-state index < -0.39 is 0 Å². The number of allylic oxidation sites excluding steroid dienone is 2. The highest BCUT2D eigenvalue weighted by Gasteiger charge is 2.24. The summed E-state index contributed by atoms with van der Waals surface area (Å²) in [5.41, 5.74) is 4.64. The van der Waals surface area contributed by atoms with Crippen LogP contribution in [0.15, 0.2) is 90.2 Å². The minimum absolute atomic E-state index is 0.0477. The van der Waals surface area contributed by atoms with E-state index in [0.717, 1.165) is 42.0 Å². The molecule has 1 aliphatic carbocycles. The average Bonchev–Trinajstić information content (AvgIpc) is 2.81. The third-order valence-corrected chi connectivity index (χ3v) is 5.70. The van der Waals surface area contributed by atoms with Crippen molar-refractivity contribution in [1.29, 1.82) is 0 Å². The molecular formula is C27H34N2O2. The molecule has 0 saturated heterocycles. The van der Waals surface area contributed by atoms with Gasteiger partial charge < -0.3 is 20.1 Å². The quantitative estimate of drug-likeness (QED) is 0.485. The molecule has 4 nitrogen and oxygen atoms in total. The Labute approximate surface area is 186 Å². The monoisotopic (exact) mass is 418 g/mol. The number of methoxy groups -OCH3 is 2. The highest BCUT2D eigenvalue weighted by atomic mass is 16.5. The maximum absolute atomic E-state index is 5.62. The molecule has 0 saturated carbocycles. The van der Waals surface area contributed by atoms with E-state index >= 15 is 0 Å². The molecule has 0 amide bonds. The van der Waals surface area contributed by atoms with Crippen LogP contribution in [-0.2, 0) is 11.3 Å². The van der Waals surface area contributed by atoms with Crippen molar-refractivity contribution in [3.05, 3.63) is 101 Å². The molecular weight excluding hydrogens is 384 g/mol. The van der Waals surface area contributed by atoms with Gasteiger partial charge in [0.1, 0.15) is 11.5 Å². The Morgan fingerprint density at radius 3 is 2.42 bits per heavy atom. The van der Waals surface area contributed by atoms with Crippen molar-refractivity contribution in [3.8, 4) is 5.75 Å². The number of ether oxygens (including phenoxy) is 2. The molecule has 1 aliphatic rings. The van der Waals surface area contributed by atoms with Crippen LogP contribution < -0.4 is 15.4 Å². The van der Waals surface area contributed by atoms with Gasteiger partial charge in [-0.3, -0.25) is 0 Å². The van der Waals surface area contributed by atoms with Crippen LogP contribution in [0.4, 0.5) is 0 Å². The molecule has 0 aliphatic heterocycles. The lowest BCUT2D eigenvalue weighted by atomic mass is 9.93. The lowest BCUT2D eigenvalue weighted by Crippen LogP contribution is -2.43. The minimum atomic E-state index is 0.0477. The molecule has 2 N–H and O–H groups in total. The predicted octanol–water partition coefficient (Wildman–Crippen LogP) is 5.31. The zero-order valence-corrected chi connectivity index (χ0v) is 18.9. The zero-order valence-electron chi connectivity index (χ0n) is 18.9. The van der Waals surface area contributed by atoms with E-state index in [9.17, 15) is 0 Å². The van der Waals surface area contributed by atoms with Crippen LogP contribution in [0.3, 0.4) is 0 Å². The smallest absolute Gasteiger partial charge is 0.123 e. The summed E-state index contributed by atoms with van der Waals surface area (Å²) in [6.45, 7) is 7.81. The molecule has 4 heteroatoms. The molecule has 0 fully saturated rings. The normalized spacial score (nSPS) is 15.5. The molecule has 3 rings (SSSR count). The fraction of sp³-hybridized carbons (Fsp3) is 0.333. The molecule has 2 atom stereocenters. The first-order valence-corrected chi connectivity index (χ1v) is 10.9. The molecule has 0 radical (unpaired) electrons. The highest BCUT2D eigenvalue weighted by molar-refractivity contribution is 5.34. The Balaban J connectivity index is 1.82. The van der Waals surface area contributed by atoms with Crippen molar-refractivity contribution in [2.24, 2.45) is 0 Å². The molecule has 31 heavy (non-hydrogen) atoms. The topological polar surface area (TPSA) is 42.5 Å². The van der Waals surface area contributed by atoms with E-state index in [4.69, 9.17) is 9.47 Å². The maximum atomic E-state index is 5.62. The van der Waals surface area contributed by atoms with Crippen LogP contribution >= 0.6 is 0 Å². The third kappa shape index (κ3) is 6.09. The van der Waals surface area contributed by atoms with E-state index in [-0.39, 0.29) is 12.1 Å². The zero-order chi connectivity index (χ0) is 22.1.